The molecule has 2 nitrogen and oxygen atoms in total. The Labute approximate surface area is 124 Å². The molecule has 0 aliphatic carbocycles. The number of amides is 1. The predicted molar refractivity (Wildman–Crippen MR) is 85.9 cm³/mol. The van der Waals surface area contributed by atoms with Gasteiger partial charge in [0.25, 0.3) is 0 Å². The summed E-state index contributed by atoms with van der Waals surface area (Å²) in [5, 5.41) is 3.25. The van der Waals surface area contributed by atoms with E-state index < -0.39 is 0 Å². The molecule has 0 radical (unpaired) electrons. The van der Waals surface area contributed by atoms with Crippen molar-refractivity contribution >= 4 is 29.4 Å². The third-order valence-electron chi connectivity index (χ3n) is 3.36. The zero-order chi connectivity index (χ0) is 13.7. The Morgan fingerprint density at radius 1 is 1.37 bits per heavy atom. The molecule has 0 spiro atoms. The second-order valence-corrected chi connectivity index (χ2v) is 7.22. The van der Waals surface area contributed by atoms with Gasteiger partial charge in [-0.1, -0.05) is 31.2 Å². The molecule has 2 atom stereocenters. The Morgan fingerprint density at radius 3 is 2.68 bits per heavy atom. The highest BCUT2D eigenvalue weighted by atomic mass is 32.2. The smallest absolute Gasteiger partial charge is 0.234 e. The number of hydrogen-bond donors (Lipinski definition) is 1. The van der Waals surface area contributed by atoms with Gasteiger partial charge in [0.15, 0.2) is 0 Å². The van der Waals surface area contributed by atoms with Crippen molar-refractivity contribution in [3.05, 3.63) is 35.4 Å². The van der Waals surface area contributed by atoms with Gasteiger partial charge < -0.3 is 5.32 Å². The topological polar surface area (TPSA) is 29.1 Å². The van der Waals surface area contributed by atoms with E-state index >= 15 is 0 Å². The van der Waals surface area contributed by atoms with Crippen LogP contribution >= 0.6 is 23.5 Å². The molecule has 4 heteroatoms. The zero-order valence-electron chi connectivity index (χ0n) is 11.5. The molecule has 19 heavy (non-hydrogen) atoms. The molecule has 0 bridgehead atoms. The highest BCUT2D eigenvalue weighted by Crippen LogP contribution is 2.25. The lowest BCUT2D eigenvalue weighted by atomic mass is 10.0. The predicted octanol–water partition coefficient (Wildman–Crippen LogP) is 3.27. The van der Waals surface area contributed by atoms with Crippen molar-refractivity contribution in [3.8, 4) is 0 Å². The highest BCUT2D eigenvalue weighted by Gasteiger charge is 2.23. The van der Waals surface area contributed by atoms with Crippen LogP contribution in [0.3, 0.4) is 0 Å². The summed E-state index contributed by atoms with van der Waals surface area (Å²) in [6.45, 7) is 4.21. The number of rotatable bonds is 4. The van der Waals surface area contributed by atoms with E-state index in [0.29, 0.717) is 0 Å². The summed E-state index contributed by atoms with van der Waals surface area (Å²) in [6.07, 6.45) is 1.05. The maximum absolute atomic E-state index is 12.2. The van der Waals surface area contributed by atoms with Crippen molar-refractivity contribution < 1.29 is 4.79 Å². The van der Waals surface area contributed by atoms with Gasteiger partial charge in [0, 0.05) is 17.3 Å². The number of carbonyl (C=O) groups excluding carboxylic acids is 1. The molecule has 2 rings (SSSR count). The van der Waals surface area contributed by atoms with Gasteiger partial charge in [-0.05, 0) is 24.5 Å². The summed E-state index contributed by atoms with van der Waals surface area (Å²) < 4.78 is 0. The van der Waals surface area contributed by atoms with Crippen LogP contribution in [0.5, 0.6) is 0 Å². The Hall–Kier alpha value is -0.610. The molecule has 2 unspecified atom stereocenters. The van der Waals surface area contributed by atoms with Crippen LogP contribution in [0.15, 0.2) is 24.3 Å². The summed E-state index contributed by atoms with van der Waals surface area (Å²) in [6, 6.07) is 8.61. The van der Waals surface area contributed by atoms with E-state index in [1.165, 1.54) is 16.9 Å². The fraction of sp³-hybridized carbons (Fsp3) is 0.533. The van der Waals surface area contributed by atoms with Crippen LogP contribution in [-0.2, 0) is 11.2 Å². The van der Waals surface area contributed by atoms with Crippen molar-refractivity contribution in [2.75, 3.05) is 17.3 Å². The van der Waals surface area contributed by atoms with E-state index in [0.717, 1.165) is 17.9 Å². The van der Waals surface area contributed by atoms with E-state index in [1.807, 2.05) is 11.8 Å². The van der Waals surface area contributed by atoms with Gasteiger partial charge in [-0.3, -0.25) is 4.79 Å². The fourth-order valence-corrected chi connectivity index (χ4v) is 4.64. The molecule has 1 aromatic carbocycles. The van der Waals surface area contributed by atoms with Gasteiger partial charge in [0.2, 0.25) is 5.91 Å². The fourth-order valence-electron chi connectivity index (χ4n) is 2.07. The Morgan fingerprint density at radius 2 is 2.11 bits per heavy atom. The van der Waals surface area contributed by atoms with E-state index in [-0.39, 0.29) is 17.2 Å². The van der Waals surface area contributed by atoms with Crippen LogP contribution in [0.2, 0.25) is 0 Å². The molecule has 0 saturated carbocycles. The normalized spacial score (nSPS) is 20.8. The number of hydrogen-bond acceptors (Lipinski definition) is 3. The van der Waals surface area contributed by atoms with Crippen molar-refractivity contribution in [2.24, 2.45) is 0 Å². The van der Waals surface area contributed by atoms with E-state index in [4.69, 9.17) is 0 Å². The lowest BCUT2D eigenvalue weighted by molar-refractivity contribution is -0.120. The zero-order valence-corrected chi connectivity index (χ0v) is 13.2. The van der Waals surface area contributed by atoms with Gasteiger partial charge in [-0.25, -0.2) is 0 Å². The quantitative estimate of drug-likeness (QED) is 0.924. The maximum Gasteiger partial charge on any atom is 0.234 e. The molecule has 0 aromatic heterocycles. The minimum Gasteiger partial charge on any atom is -0.349 e. The van der Waals surface area contributed by atoms with Gasteiger partial charge in [-0.15, -0.1) is 11.8 Å². The molecule has 104 valence electrons. The number of aryl methyl sites for hydroxylation is 1. The van der Waals surface area contributed by atoms with Crippen LogP contribution in [0.1, 0.15) is 31.0 Å². The third-order valence-corrected chi connectivity index (χ3v) is 6.11. The number of nitrogens with one attached hydrogen (secondary N) is 1. The summed E-state index contributed by atoms with van der Waals surface area (Å²) in [5.74, 6) is 3.38. The second-order valence-electron chi connectivity index (χ2n) is 4.76. The highest BCUT2D eigenvalue weighted by molar-refractivity contribution is 8.07. The summed E-state index contributed by atoms with van der Waals surface area (Å²) in [5.41, 5.74) is 2.51. The Balaban J connectivity index is 1.91. The van der Waals surface area contributed by atoms with E-state index in [1.54, 1.807) is 11.8 Å². The lowest BCUT2D eigenvalue weighted by Crippen LogP contribution is -2.37. The average Bonchev–Trinajstić information content (AvgIpc) is 2.48. The van der Waals surface area contributed by atoms with E-state index in [2.05, 4.69) is 43.4 Å². The summed E-state index contributed by atoms with van der Waals surface area (Å²) in [7, 11) is 0. The molecule has 1 aromatic rings. The van der Waals surface area contributed by atoms with Crippen molar-refractivity contribution in [3.63, 3.8) is 0 Å². The summed E-state index contributed by atoms with van der Waals surface area (Å²) >= 11 is 3.66. The standard InChI is InChI=1S/C15H21NOS2/c1-3-12-4-6-13(7-5-12)11(2)16-15(17)14-10-18-8-9-19-14/h4-7,11,14H,3,8-10H2,1-2H3,(H,16,17). The minimum absolute atomic E-state index is 0.0888. The second kappa shape index (κ2) is 7.25. The first-order chi connectivity index (χ1) is 9.20. The number of carbonyl (C=O) groups is 1. The number of benzene rings is 1. The van der Waals surface area contributed by atoms with Gasteiger partial charge >= 0.3 is 0 Å². The minimum atomic E-state index is 0.0888. The van der Waals surface area contributed by atoms with Crippen molar-refractivity contribution in [2.45, 2.75) is 31.6 Å². The van der Waals surface area contributed by atoms with Crippen LogP contribution < -0.4 is 5.32 Å². The first kappa shape index (κ1) is 14.8. The lowest BCUT2D eigenvalue weighted by Gasteiger charge is -2.23. The SMILES string of the molecule is CCc1ccc(C(C)NC(=O)C2CSCCS2)cc1. The number of thioether (sulfide) groups is 2. The van der Waals surface area contributed by atoms with Gasteiger partial charge in [0.1, 0.15) is 0 Å². The van der Waals surface area contributed by atoms with Crippen LogP contribution in [0.4, 0.5) is 0 Å². The summed E-state index contributed by atoms with van der Waals surface area (Å²) in [4.78, 5) is 12.2. The van der Waals surface area contributed by atoms with Crippen molar-refractivity contribution in [1.29, 1.82) is 0 Å². The Kier molecular flexibility index (Phi) is 5.64. The molecule has 1 amide bonds. The monoisotopic (exact) mass is 295 g/mol. The first-order valence-electron chi connectivity index (χ1n) is 6.79. The molecule has 1 saturated heterocycles. The largest absolute Gasteiger partial charge is 0.349 e. The van der Waals surface area contributed by atoms with Crippen LogP contribution in [0.25, 0.3) is 0 Å². The molecule has 1 heterocycles. The maximum atomic E-state index is 12.2. The van der Waals surface area contributed by atoms with Crippen LogP contribution in [-0.4, -0.2) is 28.4 Å². The average molecular weight is 295 g/mol. The van der Waals surface area contributed by atoms with Crippen LogP contribution in [0, 0.1) is 0 Å². The van der Waals surface area contributed by atoms with Crippen molar-refractivity contribution in [1.82, 2.24) is 5.32 Å². The van der Waals surface area contributed by atoms with Gasteiger partial charge in [-0.2, -0.15) is 11.8 Å². The molecular weight excluding hydrogens is 274 g/mol. The van der Waals surface area contributed by atoms with Gasteiger partial charge in [0.05, 0.1) is 11.3 Å². The molecule has 1 N–H and O–H groups in total. The first-order valence-corrected chi connectivity index (χ1v) is 8.99. The van der Waals surface area contributed by atoms with E-state index in [9.17, 15) is 4.79 Å². The molecular formula is C15H21NOS2. The third kappa shape index (κ3) is 4.18. The molecule has 1 aliphatic rings. The Bertz CT molecular complexity index is 413. The molecule has 1 aliphatic heterocycles. The molecule has 1 fully saturated rings.